The van der Waals surface area contributed by atoms with Gasteiger partial charge in [0, 0.05) is 6.54 Å². The summed E-state index contributed by atoms with van der Waals surface area (Å²) in [4.78, 5) is 14.6. The maximum Gasteiger partial charge on any atom is 0.356 e. The Hall–Kier alpha value is -1.33. The number of carbonyl (C=O) groups is 1. The van der Waals surface area contributed by atoms with Gasteiger partial charge < -0.3 is 16.2 Å². The minimum Gasteiger partial charge on any atom is -0.476 e. The highest BCUT2D eigenvalue weighted by molar-refractivity contribution is 6.33. The number of carboxylic acid groups (broad SMARTS) is 1. The van der Waals surface area contributed by atoms with E-state index in [0.29, 0.717) is 18.9 Å². The fraction of sp³-hybridized carbons (Fsp3) is 0.333. The Labute approximate surface area is 92.3 Å². The lowest BCUT2D eigenvalue weighted by atomic mass is 10.3. The lowest BCUT2D eigenvalue weighted by molar-refractivity contribution is 0.0691. The molecule has 6 heteroatoms. The van der Waals surface area contributed by atoms with Crippen LogP contribution in [-0.4, -0.2) is 29.1 Å². The van der Waals surface area contributed by atoms with E-state index in [-0.39, 0.29) is 10.7 Å². The van der Waals surface area contributed by atoms with Gasteiger partial charge in [0.2, 0.25) is 0 Å². The quantitative estimate of drug-likeness (QED) is 0.660. The van der Waals surface area contributed by atoms with E-state index in [1.807, 2.05) is 0 Å². The molecule has 1 heterocycles. The third-order valence-electron chi connectivity index (χ3n) is 1.74. The van der Waals surface area contributed by atoms with Crippen LogP contribution in [0.1, 0.15) is 16.9 Å². The zero-order valence-electron chi connectivity index (χ0n) is 8.03. The second-order valence-corrected chi connectivity index (χ2v) is 3.31. The lowest BCUT2D eigenvalue weighted by Gasteiger charge is -2.05. The van der Waals surface area contributed by atoms with Crippen LogP contribution in [0.15, 0.2) is 12.1 Å². The molecule has 0 saturated heterocycles. The van der Waals surface area contributed by atoms with E-state index in [1.165, 1.54) is 6.07 Å². The summed E-state index contributed by atoms with van der Waals surface area (Å²) in [6.07, 6.45) is 0.798. The van der Waals surface area contributed by atoms with Crippen LogP contribution < -0.4 is 11.1 Å². The normalized spacial score (nSPS) is 10.0. The van der Waals surface area contributed by atoms with Gasteiger partial charge in [-0.05, 0) is 25.1 Å². The molecule has 0 aliphatic heterocycles. The molecule has 0 saturated carbocycles. The number of pyridine rings is 1. The molecule has 4 N–H and O–H groups in total. The number of carboxylic acids is 1. The third kappa shape index (κ3) is 3.38. The van der Waals surface area contributed by atoms with Crippen LogP contribution in [0.3, 0.4) is 0 Å². The van der Waals surface area contributed by atoms with Crippen molar-refractivity contribution in [3.8, 4) is 0 Å². The van der Waals surface area contributed by atoms with E-state index in [2.05, 4.69) is 10.3 Å². The van der Waals surface area contributed by atoms with Gasteiger partial charge in [0.15, 0.2) is 5.69 Å². The van der Waals surface area contributed by atoms with Crippen molar-refractivity contribution in [1.82, 2.24) is 4.98 Å². The van der Waals surface area contributed by atoms with Crippen LogP contribution >= 0.6 is 11.6 Å². The number of hydrogen-bond acceptors (Lipinski definition) is 4. The fourth-order valence-electron chi connectivity index (χ4n) is 1.01. The first kappa shape index (κ1) is 11.7. The summed E-state index contributed by atoms with van der Waals surface area (Å²) in [5.74, 6) is -0.646. The molecule has 0 bridgehead atoms. The molecule has 0 amide bonds. The minimum absolute atomic E-state index is 0.131. The molecule has 0 spiro atoms. The monoisotopic (exact) mass is 229 g/mol. The molecule has 0 aliphatic rings. The van der Waals surface area contributed by atoms with Crippen LogP contribution in [0.25, 0.3) is 0 Å². The molecule has 0 aliphatic carbocycles. The Balaban J connectivity index is 2.74. The summed E-state index contributed by atoms with van der Waals surface area (Å²) in [7, 11) is 0. The van der Waals surface area contributed by atoms with Crippen molar-refractivity contribution in [1.29, 1.82) is 0 Å². The molecule has 1 aromatic heterocycles. The number of nitrogens with one attached hydrogen (secondary N) is 1. The predicted molar refractivity (Wildman–Crippen MR) is 58.4 cm³/mol. The Morgan fingerprint density at radius 2 is 2.33 bits per heavy atom. The first-order valence-corrected chi connectivity index (χ1v) is 4.86. The summed E-state index contributed by atoms with van der Waals surface area (Å²) >= 11 is 5.66. The van der Waals surface area contributed by atoms with Gasteiger partial charge in [0.25, 0.3) is 0 Å². The van der Waals surface area contributed by atoms with Crippen molar-refractivity contribution >= 4 is 23.4 Å². The van der Waals surface area contributed by atoms with Gasteiger partial charge in [0.05, 0.1) is 5.02 Å². The van der Waals surface area contributed by atoms with Gasteiger partial charge in [-0.25, -0.2) is 9.78 Å². The first-order chi connectivity index (χ1) is 7.15. The molecular weight excluding hydrogens is 218 g/mol. The summed E-state index contributed by atoms with van der Waals surface area (Å²) in [5.41, 5.74) is 5.18. The van der Waals surface area contributed by atoms with E-state index < -0.39 is 5.97 Å². The molecule has 82 valence electrons. The van der Waals surface area contributed by atoms with Crippen LogP contribution in [0.2, 0.25) is 5.02 Å². The molecule has 15 heavy (non-hydrogen) atoms. The molecule has 0 unspecified atom stereocenters. The van der Waals surface area contributed by atoms with Crippen LogP contribution in [0, 0.1) is 0 Å². The number of nitrogens with zero attached hydrogens (tertiary/aromatic N) is 1. The van der Waals surface area contributed by atoms with Crippen molar-refractivity contribution in [2.24, 2.45) is 5.73 Å². The minimum atomic E-state index is -1.14. The lowest BCUT2D eigenvalue weighted by Crippen LogP contribution is -2.11. The Morgan fingerprint density at radius 3 is 2.93 bits per heavy atom. The van der Waals surface area contributed by atoms with E-state index in [9.17, 15) is 4.79 Å². The molecule has 0 aromatic carbocycles. The topological polar surface area (TPSA) is 88.2 Å². The first-order valence-electron chi connectivity index (χ1n) is 4.49. The fourth-order valence-corrected chi connectivity index (χ4v) is 1.20. The second kappa shape index (κ2) is 5.53. The molecule has 5 nitrogen and oxygen atoms in total. The van der Waals surface area contributed by atoms with E-state index in [1.54, 1.807) is 6.07 Å². The summed E-state index contributed by atoms with van der Waals surface area (Å²) in [6, 6.07) is 3.13. The van der Waals surface area contributed by atoms with Gasteiger partial charge in [-0.15, -0.1) is 0 Å². The molecule has 0 radical (unpaired) electrons. The Morgan fingerprint density at radius 1 is 1.60 bits per heavy atom. The van der Waals surface area contributed by atoms with Gasteiger partial charge in [0.1, 0.15) is 5.82 Å². The molecular formula is C9H12ClN3O2. The van der Waals surface area contributed by atoms with Crippen molar-refractivity contribution in [3.05, 3.63) is 22.8 Å². The highest BCUT2D eigenvalue weighted by Gasteiger charge is 2.10. The van der Waals surface area contributed by atoms with Crippen LogP contribution in [-0.2, 0) is 0 Å². The van der Waals surface area contributed by atoms with Gasteiger partial charge >= 0.3 is 5.97 Å². The highest BCUT2D eigenvalue weighted by atomic mass is 35.5. The largest absolute Gasteiger partial charge is 0.476 e. The van der Waals surface area contributed by atoms with E-state index in [4.69, 9.17) is 22.4 Å². The molecule has 1 aromatic rings. The molecule has 1 rings (SSSR count). The van der Waals surface area contributed by atoms with Crippen LogP contribution in [0.4, 0.5) is 5.82 Å². The van der Waals surface area contributed by atoms with Crippen molar-refractivity contribution in [2.75, 3.05) is 18.4 Å². The average Bonchev–Trinajstić information content (AvgIpc) is 2.20. The summed E-state index contributed by atoms with van der Waals surface area (Å²) in [5, 5.41) is 11.9. The number of rotatable bonds is 5. The van der Waals surface area contributed by atoms with Gasteiger partial charge in [-0.1, -0.05) is 11.6 Å². The third-order valence-corrected chi connectivity index (χ3v) is 2.04. The number of hydrogen-bond donors (Lipinski definition) is 3. The van der Waals surface area contributed by atoms with Gasteiger partial charge in [-0.2, -0.15) is 0 Å². The maximum atomic E-state index is 10.7. The van der Waals surface area contributed by atoms with Crippen molar-refractivity contribution in [3.63, 3.8) is 0 Å². The summed E-state index contributed by atoms with van der Waals surface area (Å²) in [6.45, 7) is 1.23. The predicted octanol–water partition coefficient (Wildman–Crippen LogP) is 1.19. The summed E-state index contributed by atoms with van der Waals surface area (Å²) < 4.78 is 0. The molecule has 0 atom stereocenters. The SMILES string of the molecule is NCCCNc1ccc(Cl)c(C(=O)O)n1. The maximum absolute atomic E-state index is 10.7. The van der Waals surface area contributed by atoms with Crippen molar-refractivity contribution in [2.45, 2.75) is 6.42 Å². The van der Waals surface area contributed by atoms with Gasteiger partial charge in [-0.3, -0.25) is 0 Å². The average molecular weight is 230 g/mol. The number of halogens is 1. The Bertz CT molecular complexity index is 357. The highest BCUT2D eigenvalue weighted by Crippen LogP contribution is 2.16. The molecule has 0 fully saturated rings. The zero-order chi connectivity index (χ0) is 11.3. The van der Waals surface area contributed by atoms with E-state index in [0.717, 1.165) is 6.42 Å². The number of aromatic nitrogens is 1. The second-order valence-electron chi connectivity index (χ2n) is 2.90. The Kier molecular flexibility index (Phi) is 4.33. The number of aromatic carboxylic acids is 1. The number of nitrogens with two attached hydrogens (primary N) is 1. The smallest absolute Gasteiger partial charge is 0.356 e. The van der Waals surface area contributed by atoms with Crippen molar-refractivity contribution < 1.29 is 9.90 Å². The standard InChI is InChI=1S/C9H12ClN3O2/c10-6-2-3-7(12-5-1-4-11)13-8(6)9(14)15/h2-3H,1,4-5,11H2,(H,12,13)(H,14,15). The number of anilines is 1. The zero-order valence-corrected chi connectivity index (χ0v) is 8.79. The van der Waals surface area contributed by atoms with E-state index >= 15 is 0 Å². The van der Waals surface area contributed by atoms with Crippen LogP contribution in [0.5, 0.6) is 0 Å².